The lowest BCUT2D eigenvalue weighted by molar-refractivity contribution is 0.101. The molecule has 0 spiro atoms. The minimum absolute atomic E-state index is 0.0870. The summed E-state index contributed by atoms with van der Waals surface area (Å²) in [7, 11) is 0. The van der Waals surface area contributed by atoms with Crippen molar-refractivity contribution in [2.45, 2.75) is 19.9 Å². The van der Waals surface area contributed by atoms with Gasteiger partial charge in [-0.3, -0.25) is 9.48 Å². The molecule has 1 aromatic carbocycles. The van der Waals surface area contributed by atoms with Crippen LogP contribution >= 0.6 is 11.8 Å². The van der Waals surface area contributed by atoms with Crippen molar-refractivity contribution in [3.63, 3.8) is 0 Å². The van der Waals surface area contributed by atoms with Crippen molar-refractivity contribution in [1.82, 2.24) is 9.78 Å². The predicted molar refractivity (Wildman–Crippen MR) is 79.8 cm³/mol. The van der Waals surface area contributed by atoms with E-state index in [2.05, 4.69) is 5.10 Å². The highest BCUT2D eigenvalue weighted by molar-refractivity contribution is 7.99. The van der Waals surface area contributed by atoms with Crippen LogP contribution in [0.4, 0.5) is 4.39 Å². The van der Waals surface area contributed by atoms with Gasteiger partial charge in [0.25, 0.3) is 0 Å². The van der Waals surface area contributed by atoms with Crippen molar-refractivity contribution in [2.24, 2.45) is 0 Å². The number of carbonyl (C=O) groups excluding carboxylic acids is 1. The average molecular weight is 292 g/mol. The molecule has 0 aliphatic carbocycles. The number of thioether (sulfide) groups is 1. The molecule has 0 N–H and O–H groups in total. The Morgan fingerprint density at radius 3 is 2.75 bits per heavy atom. The normalized spacial score (nSPS) is 12.3. The van der Waals surface area contributed by atoms with Crippen LogP contribution in [0.5, 0.6) is 0 Å². The van der Waals surface area contributed by atoms with Crippen molar-refractivity contribution in [1.29, 1.82) is 0 Å². The zero-order valence-corrected chi connectivity index (χ0v) is 12.4. The fourth-order valence-corrected chi connectivity index (χ4v) is 2.55. The SMILES string of the molecule is CCSCC(=O)c1cc(F)nn1[C@H](C)c1ccccc1. The van der Waals surface area contributed by atoms with Gasteiger partial charge in [0.15, 0.2) is 5.78 Å². The van der Waals surface area contributed by atoms with E-state index in [0.29, 0.717) is 11.4 Å². The van der Waals surface area contributed by atoms with E-state index in [1.54, 1.807) is 0 Å². The Labute approximate surface area is 122 Å². The lowest BCUT2D eigenvalue weighted by Crippen LogP contribution is -2.17. The first-order chi connectivity index (χ1) is 9.63. The van der Waals surface area contributed by atoms with Crippen LogP contribution in [0, 0.1) is 5.95 Å². The zero-order valence-electron chi connectivity index (χ0n) is 11.5. The monoisotopic (exact) mass is 292 g/mol. The van der Waals surface area contributed by atoms with Crippen molar-refractivity contribution in [2.75, 3.05) is 11.5 Å². The maximum atomic E-state index is 13.5. The number of hydrogen-bond donors (Lipinski definition) is 0. The Kier molecular flexibility index (Phi) is 4.95. The van der Waals surface area contributed by atoms with Crippen molar-refractivity contribution < 1.29 is 9.18 Å². The Morgan fingerprint density at radius 1 is 1.40 bits per heavy atom. The minimum atomic E-state index is -0.613. The van der Waals surface area contributed by atoms with Crippen molar-refractivity contribution >= 4 is 17.5 Å². The van der Waals surface area contributed by atoms with Gasteiger partial charge in [-0.25, -0.2) is 0 Å². The Hall–Kier alpha value is -1.62. The number of ketones is 1. The van der Waals surface area contributed by atoms with E-state index in [4.69, 9.17) is 0 Å². The first-order valence-electron chi connectivity index (χ1n) is 6.54. The third-order valence-electron chi connectivity index (χ3n) is 3.08. The standard InChI is InChI=1S/C15H17FN2OS/c1-3-20-10-14(19)13-9-15(16)17-18(13)11(2)12-7-5-4-6-8-12/h4-9,11H,3,10H2,1-2H3/t11-/m1/s1. The molecule has 1 atom stereocenters. The summed E-state index contributed by atoms with van der Waals surface area (Å²) in [6, 6.07) is 10.7. The number of hydrogen-bond acceptors (Lipinski definition) is 3. The number of rotatable bonds is 6. The van der Waals surface area contributed by atoms with Crippen LogP contribution in [0.3, 0.4) is 0 Å². The fraction of sp³-hybridized carbons (Fsp3) is 0.333. The zero-order chi connectivity index (χ0) is 14.5. The van der Waals surface area contributed by atoms with E-state index in [1.807, 2.05) is 44.2 Å². The van der Waals surface area contributed by atoms with Gasteiger partial charge in [0.2, 0.25) is 5.95 Å². The summed E-state index contributed by atoms with van der Waals surface area (Å²) in [5.41, 5.74) is 1.33. The summed E-state index contributed by atoms with van der Waals surface area (Å²) < 4.78 is 14.9. The molecule has 0 amide bonds. The molecule has 0 aliphatic heterocycles. The molecule has 106 valence electrons. The molecule has 0 aliphatic rings. The molecule has 0 unspecified atom stereocenters. The number of carbonyl (C=O) groups is 1. The first-order valence-corrected chi connectivity index (χ1v) is 7.70. The van der Waals surface area contributed by atoms with Gasteiger partial charge in [-0.1, -0.05) is 37.3 Å². The second-order valence-corrected chi connectivity index (χ2v) is 5.72. The molecule has 2 rings (SSSR count). The van der Waals surface area contributed by atoms with Crippen molar-refractivity contribution in [3.8, 4) is 0 Å². The van der Waals surface area contributed by atoms with Crippen LogP contribution in [0.1, 0.15) is 35.9 Å². The highest BCUT2D eigenvalue weighted by Gasteiger charge is 2.19. The Balaban J connectivity index is 2.30. The second-order valence-electron chi connectivity index (χ2n) is 4.44. The molecule has 20 heavy (non-hydrogen) atoms. The highest BCUT2D eigenvalue weighted by atomic mass is 32.2. The molecule has 5 heteroatoms. The molecule has 3 nitrogen and oxygen atoms in total. The van der Waals surface area contributed by atoms with Crippen LogP contribution < -0.4 is 0 Å². The third-order valence-corrected chi connectivity index (χ3v) is 3.95. The molecule has 1 aromatic heterocycles. The molecule has 0 saturated heterocycles. The van der Waals surface area contributed by atoms with Crippen LogP contribution in [-0.4, -0.2) is 27.1 Å². The predicted octanol–water partition coefficient (Wildman–Crippen LogP) is 3.57. The molecule has 2 aromatic rings. The van der Waals surface area contributed by atoms with Gasteiger partial charge in [0.1, 0.15) is 5.69 Å². The number of halogens is 1. The third kappa shape index (κ3) is 3.28. The molecule has 0 bridgehead atoms. The van der Waals surface area contributed by atoms with E-state index >= 15 is 0 Å². The van der Waals surface area contributed by atoms with E-state index < -0.39 is 5.95 Å². The maximum Gasteiger partial charge on any atom is 0.233 e. The summed E-state index contributed by atoms with van der Waals surface area (Å²) in [4.78, 5) is 12.1. The highest BCUT2D eigenvalue weighted by Crippen LogP contribution is 2.20. The molecule has 0 saturated carbocycles. The number of nitrogens with zero attached hydrogens (tertiary/aromatic N) is 2. The molecule has 0 fully saturated rings. The molecule has 1 heterocycles. The van der Waals surface area contributed by atoms with Gasteiger partial charge in [0.05, 0.1) is 11.8 Å². The molecule has 0 radical (unpaired) electrons. The quantitative estimate of drug-likeness (QED) is 0.763. The van der Waals surface area contributed by atoms with E-state index in [1.165, 1.54) is 22.5 Å². The minimum Gasteiger partial charge on any atom is -0.292 e. The number of aromatic nitrogens is 2. The van der Waals surface area contributed by atoms with Crippen LogP contribution in [0.25, 0.3) is 0 Å². The second kappa shape index (κ2) is 6.70. The van der Waals surface area contributed by atoms with E-state index in [-0.39, 0.29) is 11.8 Å². The van der Waals surface area contributed by atoms with Crippen LogP contribution in [0.2, 0.25) is 0 Å². The molecular formula is C15H17FN2OS. The van der Waals surface area contributed by atoms with Crippen molar-refractivity contribution in [3.05, 3.63) is 53.6 Å². The largest absolute Gasteiger partial charge is 0.292 e. The van der Waals surface area contributed by atoms with Gasteiger partial charge in [-0.2, -0.15) is 16.2 Å². The number of Topliss-reactive ketones (excluding diaryl/α,β-unsaturated/α-hetero) is 1. The smallest absolute Gasteiger partial charge is 0.233 e. The van der Waals surface area contributed by atoms with Gasteiger partial charge >= 0.3 is 0 Å². The topological polar surface area (TPSA) is 34.9 Å². The number of benzene rings is 1. The fourth-order valence-electron chi connectivity index (χ4n) is 2.01. The summed E-state index contributed by atoms with van der Waals surface area (Å²) in [6.07, 6.45) is 0. The van der Waals surface area contributed by atoms with Gasteiger partial charge in [-0.15, -0.1) is 5.10 Å². The maximum absolute atomic E-state index is 13.5. The van der Waals surface area contributed by atoms with Gasteiger partial charge in [0, 0.05) is 6.07 Å². The molecular weight excluding hydrogens is 275 g/mol. The lowest BCUT2D eigenvalue weighted by Gasteiger charge is -2.15. The van der Waals surface area contributed by atoms with E-state index in [0.717, 1.165) is 11.3 Å². The summed E-state index contributed by atoms with van der Waals surface area (Å²) in [6.45, 7) is 3.90. The van der Waals surface area contributed by atoms with Crippen LogP contribution in [0.15, 0.2) is 36.4 Å². The van der Waals surface area contributed by atoms with Gasteiger partial charge in [-0.05, 0) is 18.2 Å². The Bertz CT molecular complexity index is 583. The summed E-state index contributed by atoms with van der Waals surface area (Å²) in [5.74, 6) is 0.508. The average Bonchev–Trinajstić information content (AvgIpc) is 2.87. The lowest BCUT2D eigenvalue weighted by atomic mass is 10.1. The summed E-state index contributed by atoms with van der Waals surface area (Å²) in [5, 5.41) is 3.84. The summed E-state index contributed by atoms with van der Waals surface area (Å²) >= 11 is 1.52. The van der Waals surface area contributed by atoms with Crippen LogP contribution in [-0.2, 0) is 0 Å². The van der Waals surface area contributed by atoms with Gasteiger partial charge < -0.3 is 0 Å². The first kappa shape index (κ1) is 14.8. The Morgan fingerprint density at radius 2 is 2.10 bits per heavy atom. The van der Waals surface area contributed by atoms with E-state index in [9.17, 15) is 9.18 Å².